The van der Waals surface area contributed by atoms with E-state index in [1.54, 1.807) is 0 Å². The largest absolute Gasteiger partial charge is 0.384 e. The Balaban J connectivity index is 2.14. The summed E-state index contributed by atoms with van der Waals surface area (Å²) in [4.78, 5) is 0. The first-order valence-electron chi connectivity index (χ1n) is 4.21. The molecule has 0 aromatic carbocycles. The fourth-order valence-electron chi connectivity index (χ4n) is 1.36. The van der Waals surface area contributed by atoms with Gasteiger partial charge < -0.3 is 10.4 Å². The third kappa shape index (κ3) is 3.41. The monoisotopic (exact) mass is 153 g/mol. The van der Waals surface area contributed by atoms with E-state index in [1.807, 2.05) is 0 Å². The molecule has 0 radical (unpaired) electrons. The van der Waals surface area contributed by atoms with E-state index in [0.29, 0.717) is 0 Å². The quantitative estimate of drug-likeness (QED) is 0.533. The first-order chi connectivity index (χ1) is 5.43. The van der Waals surface area contributed by atoms with Crippen molar-refractivity contribution in [2.24, 2.45) is 5.92 Å². The van der Waals surface area contributed by atoms with E-state index < -0.39 is 0 Å². The average molecular weight is 153 g/mol. The highest BCUT2D eigenvalue weighted by Gasteiger charge is 2.10. The highest BCUT2D eigenvalue weighted by Crippen LogP contribution is 2.14. The Morgan fingerprint density at radius 2 is 2.00 bits per heavy atom. The van der Waals surface area contributed by atoms with Gasteiger partial charge in [0, 0.05) is 6.42 Å². The fourth-order valence-corrected chi connectivity index (χ4v) is 1.36. The summed E-state index contributed by atoms with van der Waals surface area (Å²) in [6.45, 7) is 2.27. The number of hydrogen-bond donors (Lipinski definition) is 2. The van der Waals surface area contributed by atoms with Crippen LogP contribution in [0.3, 0.4) is 0 Å². The lowest BCUT2D eigenvalue weighted by Gasteiger charge is -2.20. The maximum absolute atomic E-state index is 8.41. The average Bonchev–Trinajstić information content (AvgIpc) is 2.07. The van der Waals surface area contributed by atoms with E-state index >= 15 is 0 Å². The lowest BCUT2D eigenvalue weighted by atomic mass is 9.95. The molecule has 1 rings (SSSR count). The summed E-state index contributed by atoms with van der Waals surface area (Å²) in [7, 11) is 0. The molecule has 0 bridgehead atoms. The molecular formula is C9H15NO. The molecule has 1 aliphatic rings. The topological polar surface area (TPSA) is 32.3 Å². The first-order valence-corrected chi connectivity index (χ1v) is 4.21. The SMILES string of the molecule is OCC#CCC1CCNCC1. The third-order valence-electron chi connectivity index (χ3n) is 2.05. The van der Waals surface area contributed by atoms with Crippen LogP contribution in [0.1, 0.15) is 19.3 Å². The van der Waals surface area contributed by atoms with Crippen molar-refractivity contribution in [1.29, 1.82) is 0 Å². The van der Waals surface area contributed by atoms with Crippen LogP contribution in [0.15, 0.2) is 0 Å². The van der Waals surface area contributed by atoms with Crippen molar-refractivity contribution in [2.75, 3.05) is 19.7 Å². The van der Waals surface area contributed by atoms with E-state index in [2.05, 4.69) is 17.2 Å². The summed E-state index contributed by atoms with van der Waals surface area (Å²) in [6, 6.07) is 0. The molecule has 0 spiro atoms. The molecule has 0 aromatic heterocycles. The Kier molecular flexibility index (Phi) is 4.03. The van der Waals surface area contributed by atoms with Gasteiger partial charge in [0.2, 0.25) is 0 Å². The van der Waals surface area contributed by atoms with Crippen molar-refractivity contribution in [1.82, 2.24) is 5.32 Å². The summed E-state index contributed by atoms with van der Waals surface area (Å²) in [5.41, 5.74) is 0. The number of hydrogen-bond acceptors (Lipinski definition) is 2. The van der Waals surface area contributed by atoms with Crippen LogP contribution < -0.4 is 5.32 Å². The molecule has 1 fully saturated rings. The summed E-state index contributed by atoms with van der Waals surface area (Å²) in [5, 5.41) is 11.7. The van der Waals surface area contributed by atoms with E-state index in [4.69, 9.17) is 5.11 Å². The predicted octanol–water partition coefficient (Wildman–Crippen LogP) is 0.372. The smallest absolute Gasteiger partial charge is 0.104 e. The van der Waals surface area contributed by atoms with Crippen molar-refractivity contribution >= 4 is 0 Å². The Morgan fingerprint density at radius 3 is 2.64 bits per heavy atom. The van der Waals surface area contributed by atoms with Gasteiger partial charge >= 0.3 is 0 Å². The third-order valence-corrected chi connectivity index (χ3v) is 2.05. The summed E-state index contributed by atoms with van der Waals surface area (Å²) < 4.78 is 0. The molecule has 0 aromatic rings. The Bertz CT molecular complexity index is 151. The Labute approximate surface area is 68.0 Å². The minimum atomic E-state index is 0.00493. The molecule has 2 heteroatoms. The molecule has 0 saturated carbocycles. The van der Waals surface area contributed by atoms with Gasteiger partial charge in [-0.2, -0.15) is 0 Å². The summed E-state index contributed by atoms with van der Waals surface area (Å²) in [6.07, 6.45) is 3.43. The van der Waals surface area contributed by atoms with Gasteiger partial charge in [-0.25, -0.2) is 0 Å². The standard InChI is InChI=1S/C9H15NO/c11-8-2-1-3-9-4-6-10-7-5-9/h9-11H,3-8H2. The van der Waals surface area contributed by atoms with Crippen LogP contribution >= 0.6 is 0 Å². The first kappa shape index (κ1) is 8.58. The van der Waals surface area contributed by atoms with Crippen LogP contribution in [0.5, 0.6) is 0 Å². The highest BCUT2D eigenvalue weighted by atomic mass is 16.2. The van der Waals surface area contributed by atoms with Gasteiger partial charge in [0.15, 0.2) is 0 Å². The molecule has 1 heterocycles. The lowest BCUT2D eigenvalue weighted by molar-refractivity contribution is 0.349. The zero-order valence-electron chi connectivity index (χ0n) is 6.77. The molecular weight excluding hydrogens is 138 g/mol. The van der Waals surface area contributed by atoms with Gasteiger partial charge in [-0.1, -0.05) is 5.92 Å². The van der Waals surface area contributed by atoms with E-state index in [-0.39, 0.29) is 6.61 Å². The van der Waals surface area contributed by atoms with Crippen LogP contribution in [-0.4, -0.2) is 24.8 Å². The fraction of sp³-hybridized carbons (Fsp3) is 0.778. The summed E-state index contributed by atoms with van der Waals surface area (Å²) >= 11 is 0. The Hall–Kier alpha value is -0.520. The van der Waals surface area contributed by atoms with Gasteiger partial charge in [-0.3, -0.25) is 0 Å². The minimum Gasteiger partial charge on any atom is -0.384 e. The number of rotatable bonds is 1. The second-order valence-electron chi connectivity index (χ2n) is 2.91. The Morgan fingerprint density at radius 1 is 1.27 bits per heavy atom. The maximum atomic E-state index is 8.41. The molecule has 62 valence electrons. The van der Waals surface area contributed by atoms with Crippen LogP contribution in [0.4, 0.5) is 0 Å². The normalized spacial score (nSPS) is 19.0. The van der Waals surface area contributed by atoms with Gasteiger partial charge in [0.25, 0.3) is 0 Å². The number of aliphatic hydroxyl groups excluding tert-OH is 1. The van der Waals surface area contributed by atoms with Gasteiger partial charge in [-0.15, -0.1) is 5.92 Å². The highest BCUT2D eigenvalue weighted by molar-refractivity contribution is 5.00. The van der Waals surface area contributed by atoms with Crippen molar-refractivity contribution in [3.63, 3.8) is 0 Å². The second-order valence-corrected chi connectivity index (χ2v) is 2.91. The number of aliphatic hydroxyl groups is 1. The second kappa shape index (κ2) is 5.17. The zero-order valence-corrected chi connectivity index (χ0v) is 6.77. The van der Waals surface area contributed by atoms with Crippen molar-refractivity contribution in [2.45, 2.75) is 19.3 Å². The molecule has 11 heavy (non-hydrogen) atoms. The maximum Gasteiger partial charge on any atom is 0.104 e. The molecule has 2 N–H and O–H groups in total. The number of nitrogens with one attached hydrogen (secondary N) is 1. The molecule has 1 aliphatic heterocycles. The molecule has 0 amide bonds. The summed E-state index contributed by atoms with van der Waals surface area (Å²) in [5.74, 6) is 6.42. The van der Waals surface area contributed by atoms with Crippen molar-refractivity contribution in [3.05, 3.63) is 0 Å². The van der Waals surface area contributed by atoms with E-state index in [9.17, 15) is 0 Å². The minimum absolute atomic E-state index is 0.00493. The van der Waals surface area contributed by atoms with Crippen molar-refractivity contribution in [3.8, 4) is 11.8 Å². The van der Waals surface area contributed by atoms with Gasteiger partial charge in [-0.05, 0) is 31.8 Å². The van der Waals surface area contributed by atoms with Gasteiger partial charge in [0.1, 0.15) is 6.61 Å². The number of piperidine rings is 1. The molecule has 2 nitrogen and oxygen atoms in total. The van der Waals surface area contributed by atoms with Crippen LogP contribution in [0.25, 0.3) is 0 Å². The van der Waals surface area contributed by atoms with E-state index in [0.717, 1.165) is 25.4 Å². The molecule has 0 unspecified atom stereocenters. The predicted molar refractivity (Wildman–Crippen MR) is 45.1 cm³/mol. The van der Waals surface area contributed by atoms with Crippen molar-refractivity contribution < 1.29 is 5.11 Å². The molecule has 0 aliphatic carbocycles. The van der Waals surface area contributed by atoms with E-state index in [1.165, 1.54) is 12.8 Å². The van der Waals surface area contributed by atoms with Crippen LogP contribution in [0.2, 0.25) is 0 Å². The zero-order chi connectivity index (χ0) is 7.94. The lowest BCUT2D eigenvalue weighted by Crippen LogP contribution is -2.27. The van der Waals surface area contributed by atoms with Crippen LogP contribution in [-0.2, 0) is 0 Å². The molecule has 1 saturated heterocycles. The van der Waals surface area contributed by atoms with Crippen LogP contribution in [0, 0.1) is 17.8 Å². The molecule has 0 atom stereocenters. The van der Waals surface area contributed by atoms with Gasteiger partial charge in [0.05, 0.1) is 0 Å².